The summed E-state index contributed by atoms with van der Waals surface area (Å²) in [5.74, 6) is -1.02. The summed E-state index contributed by atoms with van der Waals surface area (Å²) < 4.78 is 18.7. The van der Waals surface area contributed by atoms with E-state index in [2.05, 4.69) is 0 Å². The molecule has 1 aliphatic heterocycles. The highest BCUT2D eigenvalue weighted by atomic mass is 19.1. The van der Waals surface area contributed by atoms with Gasteiger partial charge in [-0.05, 0) is 74.2 Å². The molecule has 5 rings (SSSR count). The van der Waals surface area contributed by atoms with E-state index < -0.39 is 11.4 Å². The van der Waals surface area contributed by atoms with Crippen molar-refractivity contribution in [2.45, 2.75) is 52.0 Å². The van der Waals surface area contributed by atoms with Crippen LogP contribution in [-0.2, 0) is 14.3 Å². The standard InChI is InChI=1S/C31H32FN3O4.C2H6/c1-39-29(37)31(22-28(36)34(24-8-4-2-5-9-24)25-10-6-3-7-11-25)18-20-33(21-19-31)30(38)35(27-16-17-27)26-14-12-23(32)13-15-26;1-2/h2-15,27H,16-22H2,1H3;1-2H3. The fraction of sp³-hybridized carbons (Fsp3) is 0.364. The van der Waals surface area contributed by atoms with Crippen molar-refractivity contribution in [1.29, 1.82) is 0 Å². The van der Waals surface area contributed by atoms with E-state index in [0.29, 0.717) is 43.0 Å². The fourth-order valence-corrected chi connectivity index (χ4v) is 5.32. The molecule has 0 N–H and O–H groups in total. The Morgan fingerprint density at radius 3 is 1.80 bits per heavy atom. The molecule has 0 atom stereocenters. The second kappa shape index (κ2) is 13.4. The zero-order valence-corrected chi connectivity index (χ0v) is 24.0. The molecule has 0 radical (unpaired) electrons. The minimum Gasteiger partial charge on any atom is -0.469 e. The van der Waals surface area contributed by atoms with Crippen molar-refractivity contribution in [1.82, 2.24) is 4.90 Å². The molecule has 3 aromatic rings. The predicted molar refractivity (Wildman–Crippen MR) is 159 cm³/mol. The number of halogens is 1. The first kappa shape index (κ1) is 29.8. The highest BCUT2D eigenvalue weighted by Crippen LogP contribution is 2.40. The number of likely N-dealkylation sites (tertiary alicyclic amines) is 1. The van der Waals surface area contributed by atoms with E-state index in [4.69, 9.17) is 4.74 Å². The first-order valence-corrected chi connectivity index (χ1v) is 14.3. The number of urea groups is 1. The van der Waals surface area contributed by atoms with Crippen LogP contribution in [0.5, 0.6) is 0 Å². The molecule has 0 bridgehead atoms. The Morgan fingerprint density at radius 2 is 1.34 bits per heavy atom. The van der Waals surface area contributed by atoms with Crippen molar-refractivity contribution in [3.05, 3.63) is 90.7 Å². The molecule has 2 fully saturated rings. The van der Waals surface area contributed by atoms with Gasteiger partial charge in [-0.3, -0.25) is 19.4 Å². The third kappa shape index (κ3) is 6.76. The molecule has 1 heterocycles. The van der Waals surface area contributed by atoms with Gasteiger partial charge in [0.15, 0.2) is 0 Å². The highest BCUT2D eigenvalue weighted by Gasteiger charge is 2.47. The summed E-state index contributed by atoms with van der Waals surface area (Å²) >= 11 is 0. The lowest BCUT2D eigenvalue weighted by molar-refractivity contribution is -0.157. The largest absolute Gasteiger partial charge is 0.469 e. The Bertz CT molecular complexity index is 1270. The van der Waals surface area contributed by atoms with Crippen molar-refractivity contribution in [3.8, 4) is 0 Å². The zero-order valence-electron chi connectivity index (χ0n) is 24.0. The molecule has 0 spiro atoms. The number of carbonyl (C=O) groups excluding carboxylic acids is 3. The lowest BCUT2D eigenvalue weighted by Gasteiger charge is -2.41. The smallest absolute Gasteiger partial charge is 0.324 e. The van der Waals surface area contributed by atoms with E-state index in [-0.39, 0.29) is 30.2 Å². The Morgan fingerprint density at radius 1 is 0.829 bits per heavy atom. The summed E-state index contributed by atoms with van der Waals surface area (Å²) in [5, 5.41) is 0. The number of anilines is 3. The summed E-state index contributed by atoms with van der Waals surface area (Å²) in [7, 11) is 1.33. The number of amides is 3. The number of para-hydroxylation sites is 2. The molecule has 1 saturated heterocycles. The molecule has 41 heavy (non-hydrogen) atoms. The number of esters is 1. The van der Waals surface area contributed by atoms with E-state index in [1.807, 2.05) is 74.5 Å². The van der Waals surface area contributed by atoms with Crippen molar-refractivity contribution in [2.75, 3.05) is 30.0 Å². The topological polar surface area (TPSA) is 70.2 Å². The van der Waals surface area contributed by atoms with Crippen LogP contribution >= 0.6 is 0 Å². The Kier molecular flexibility index (Phi) is 9.76. The molecule has 0 unspecified atom stereocenters. The van der Waals surface area contributed by atoms with Gasteiger partial charge in [-0.25, -0.2) is 9.18 Å². The summed E-state index contributed by atoms with van der Waals surface area (Å²) in [6, 6.07) is 24.5. The van der Waals surface area contributed by atoms with Crippen LogP contribution in [-0.4, -0.2) is 49.0 Å². The number of benzene rings is 3. The lowest BCUT2D eigenvalue weighted by atomic mass is 9.75. The van der Waals surface area contributed by atoms with Gasteiger partial charge in [0.1, 0.15) is 5.82 Å². The molecule has 7 nitrogen and oxygen atoms in total. The maximum atomic E-state index is 13.9. The number of rotatable bonds is 7. The van der Waals surface area contributed by atoms with E-state index in [1.165, 1.54) is 19.2 Å². The number of hydrogen-bond donors (Lipinski definition) is 0. The van der Waals surface area contributed by atoms with Gasteiger partial charge in [-0.2, -0.15) is 0 Å². The number of ether oxygens (including phenoxy) is 1. The van der Waals surface area contributed by atoms with Gasteiger partial charge in [0, 0.05) is 42.6 Å². The summed E-state index contributed by atoms with van der Waals surface area (Å²) in [6.07, 6.45) is 2.35. The summed E-state index contributed by atoms with van der Waals surface area (Å²) in [5.41, 5.74) is 1.02. The number of methoxy groups -OCH3 is 1. The second-order valence-corrected chi connectivity index (χ2v) is 10.2. The third-order valence-corrected chi connectivity index (χ3v) is 7.60. The van der Waals surface area contributed by atoms with Crippen molar-refractivity contribution in [3.63, 3.8) is 0 Å². The molecule has 3 aromatic carbocycles. The van der Waals surface area contributed by atoms with Crippen LogP contribution in [0.2, 0.25) is 0 Å². The Hall–Kier alpha value is -4.20. The predicted octanol–water partition coefficient (Wildman–Crippen LogP) is 6.95. The molecule has 0 aromatic heterocycles. The number of nitrogens with zero attached hydrogens (tertiary/aromatic N) is 3. The highest BCUT2D eigenvalue weighted by molar-refractivity contribution is 6.02. The minimum absolute atomic E-state index is 0.0458. The minimum atomic E-state index is -1.05. The van der Waals surface area contributed by atoms with Crippen LogP contribution in [0, 0.1) is 11.2 Å². The van der Waals surface area contributed by atoms with Crippen LogP contribution in [0.3, 0.4) is 0 Å². The average molecular weight is 560 g/mol. The quantitative estimate of drug-likeness (QED) is 0.294. The lowest BCUT2D eigenvalue weighted by Crippen LogP contribution is -2.52. The molecule has 2 aliphatic rings. The third-order valence-electron chi connectivity index (χ3n) is 7.60. The van der Waals surface area contributed by atoms with Crippen LogP contribution in [0.4, 0.5) is 26.2 Å². The molecule has 216 valence electrons. The molecular weight excluding hydrogens is 521 g/mol. The molecule has 1 saturated carbocycles. The Labute approximate surface area is 241 Å². The van der Waals surface area contributed by atoms with Crippen LogP contribution in [0.15, 0.2) is 84.9 Å². The maximum Gasteiger partial charge on any atom is 0.324 e. The van der Waals surface area contributed by atoms with Gasteiger partial charge in [0.2, 0.25) is 5.91 Å². The average Bonchev–Trinajstić information content (AvgIpc) is 3.85. The number of hydrogen-bond acceptors (Lipinski definition) is 4. The van der Waals surface area contributed by atoms with E-state index in [0.717, 1.165) is 12.8 Å². The van der Waals surface area contributed by atoms with Gasteiger partial charge >= 0.3 is 12.0 Å². The molecule has 1 aliphatic carbocycles. The summed E-state index contributed by atoms with van der Waals surface area (Å²) in [4.78, 5) is 45.7. The zero-order chi connectivity index (χ0) is 29.4. The number of piperidine rings is 1. The van der Waals surface area contributed by atoms with Crippen LogP contribution in [0.25, 0.3) is 0 Å². The van der Waals surface area contributed by atoms with Crippen LogP contribution in [0.1, 0.15) is 46.0 Å². The van der Waals surface area contributed by atoms with Gasteiger partial charge < -0.3 is 9.64 Å². The van der Waals surface area contributed by atoms with Gasteiger partial charge in [-0.15, -0.1) is 0 Å². The van der Waals surface area contributed by atoms with E-state index >= 15 is 0 Å². The molecule has 8 heteroatoms. The van der Waals surface area contributed by atoms with Crippen molar-refractivity contribution >= 4 is 35.0 Å². The van der Waals surface area contributed by atoms with Gasteiger partial charge in [0.25, 0.3) is 0 Å². The fourth-order valence-electron chi connectivity index (χ4n) is 5.32. The maximum absolute atomic E-state index is 13.9. The van der Waals surface area contributed by atoms with Crippen molar-refractivity contribution < 1.29 is 23.5 Å². The molecular formula is C33H38FN3O4. The van der Waals surface area contributed by atoms with Crippen molar-refractivity contribution in [2.24, 2.45) is 5.41 Å². The molecule has 3 amide bonds. The van der Waals surface area contributed by atoms with E-state index in [9.17, 15) is 18.8 Å². The Balaban J connectivity index is 0.00000189. The van der Waals surface area contributed by atoms with Crippen LogP contribution < -0.4 is 9.80 Å². The normalized spacial score (nSPS) is 15.7. The van der Waals surface area contributed by atoms with E-state index in [1.54, 1.807) is 26.8 Å². The van der Waals surface area contributed by atoms with Gasteiger partial charge in [0.05, 0.1) is 12.5 Å². The summed E-state index contributed by atoms with van der Waals surface area (Å²) in [6.45, 7) is 4.62. The SMILES string of the molecule is CC.COC(=O)C1(CC(=O)N(c2ccccc2)c2ccccc2)CCN(C(=O)N(c2ccc(F)cc2)C2CC2)CC1. The first-order valence-electron chi connectivity index (χ1n) is 14.3. The van der Waals surface area contributed by atoms with Gasteiger partial charge in [-0.1, -0.05) is 50.2 Å². The number of carbonyl (C=O) groups is 3. The monoisotopic (exact) mass is 559 g/mol. The second-order valence-electron chi connectivity index (χ2n) is 10.2. The first-order chi connectivity index (χ1) is 19.9.